The second-order valence-electron chi connectivity index (χ2n) is 4.66. The molecule has 0 spiro atoms. The molecule has 0 radical (unpaired) electrons. The van der Waals surface area contributed by atoms with E-state index in [0.717, 1.165) is 24.5 Å². The second kappa shape index (κ2) is 3.60. The number of hydrogen-bond acceptors (Lipinski definition) is 2. The Labute approximate surface area is 105 Å². The standard InChI is InChI=1S/C15H13N3/c1-2-4-11-9-12(6-5-10(11)3-1)14-13-7-8-16-15(13)18-17-14/h1-6,9H,7-8H2,(H2,16,17,18). The van der Waals surface area contributed by atoms with E-state index < -0.39 is 0 Å². The van der Waals surface area contributed by atoms with E-state index in [4.69, 9.17) is 0 Å². The first-order valence-electron chi connectivity index (χ1n) is 6.22. The third kappa shape index (κ3) is 1.34. The Morgan fingerprint density at radius 3 is 2.83 bits per heavy atom. The molecule has 18 heavy (non-hydrogen) atoms. The number of aromatic amines is 1. The summed E-state index contributed by atoms with van der Waals surface area (Å²) in [4.78, 5) is 0. The molecule has 0 atom stereocenters. The van der Waals surface area contributed by atoms with Gasteiger partial charge in [0.1, 0.15) is 0 Å². The van der Waals surface area contributed by atoms with Crippen LogP contribution in [0.15, 0.2) is 42.5 Å². The van der Waals surface area contributed by atoms with Gasteiger partial charge in [-0.1, -0.05) is 36.4 Å². The van der Waals surface area contributed by atoms with Crippen LogP contribution in [0.3, 0.4) is 0 Å². The number of rotatable bonds is 1. The minimum atomic E-state index is 0.993. The van der Waals surface area contributed by atoms with Crippen molar-refractivity contribution in [3.05, 3.63) is 48.0 Å². The Balaban J connectivity index is 1.91. The summed E-state index contributed by atoms with van der Waals surface area (Å²) >= 11 is 0. The van der Waals surface area contributed by atoms with Crippen molar-refractivity contribution in [3.63, 3.8) is 0 Å². The van der Waals surface area contributed by atoms with Crippen LogP contribution >= 0.6 is 0 Å². The van der Waals surface area contributed by atoms with Crippen LogP contribution in [-0.4, -0.2) is 16.7 Å². The Morgan fingerprint density at radius 1 is 1.00 bits per heavy atom. The summed E-state index contributed by atoms with van der Waals surface area (Å²) in [5.74, 6) is 1.01. The molecule has 2 N–H and O–H groups in total. The number of benzene rings is 2. The lowest BCUT2D eigenvalue weighted by Crippen LogP contribution is -1.94. The first kappa shape index (κ1) is 9.71. The van der Waals surface area contributed by atoms with E-state index in [1.807, 2.05) is 0 Å². The van der Waals surface area contributed by atoms with Crippen LogP contribution in [0.2, 0.25) is 0 Å². The first-order chi connectivity index (χ1) is 8.92. The van der Waals surface area contributed by atoms with Crippen molar-refractivity contribution in [1.82, 2.24) is 10.2 Å². The molecular weight excluding hydrogens is 222 g/mol. The summed E-state index contributed by atoms with van der Waals surface area (Å²) in [6, 6.07) is 15.0. The van der Waals surface area contributed by atoms with Crippen molar-refractivity contribution in [2.45, 2.75) is 6.42 Å². The third-order valence-corrected chi connectivity index (χ3v) is 3.57. The zero-order chi connectivity index (χ0) is 11.9. The predicted octanol–water partition coefficient (Wildman–Crippen LogP) is 3.20. The monoisotopic (exact) mass is 235 g/mol. The topological polar surface area (TPSA) is 40.7 Å². The van der Waals surface area contributed by atoms with Crippen LogP contribution in [0.1, 0.15) is 5.56 Å². The Morgan fingerprint density at radius 2 is 1.89 bits per heavy atom. The molecule has 2 heterocycles. The maximum Gasteiger partial charge on any atom is 0.151 e. The molecule has 3 nitrogen and oxygen atoms in total. The van der Waals surface area contributed by atoms with Gasteiger partial charge in [0, 0.05) is 17.7 Å². The van der Waals surface area contributed by atoms with Gasteiger partial charge in [0.15, 0.2) is 5.82 Å². The molecule has 0 saturated heterocycles. The fourth-order valence-electron chi connectivity index (χ4n) is 2.64. The molecule has 1 aromatic heterocycles. The smallest absolute Gasteiger partial charge is 0.151 e. The third-order valence-electron chi connectivity index (χ3n) is 3.57. The van der Waals surface area contributed by atoms with E-state index in [9.17, 15) is 0 Å². The van der Waals surface area contributed by atoms with Gasteiger partial charge in [-0.15, -0.1) is 0 Å². The van der Waals surface area contributed by atoms with E-state index >= 15 is 0 Å². The second-order valence-corrected chi connectivity index (χ2v) is 4.66. The minimum absolute atomic E-state index is 0.993. The highest BCUT2D eigenvalue weighted by Gasteiger charge is 2.18. The van der Waals surface area contributed by atoms with Crippen LogP contribution in [0, 0.1) is 0 Å². The van der Waals surface area contributed by atoms with Gasteiger partial charge in [0.05, 0.1) is 5.69 Å². The number of nitrogens with zero attached hydrogens (tertiary/aromatic N) is 1. The van der Waals surface area contributed by atoms with Gasteiger partial charge in [-0.3, -0.25) is 5.10 Å². The molecule has 0 fully saturated rings. The molecular formula is C15H13N3. The summed E-state index contributed by atoms with van der Waals surface area (Å²) in [6.45, 7) is 0.993. The number of aromatic nitrogens is 2. The van der Waals surface area contributed by atoms with Gasteiger partial charge in [0.2, 0.25) is 0 Å². The van der Waals surface area contributed by atoms with E-state index in [2.05, 4.69) is 58.0 Å². The van der Waals surface area contributed by atoms with E-state index in [1.54, 1.807) is 0 Å². The fourth-order valence-corrected chi connectivity index (χ4v) is 2.64. The normalized spacial score (nSPS) is 13.6. The largest absolute Gasteiger partial charge is 0.368 e. The van der Waals surface area contributed by atoms with Crippen molar-refractivity contribution in [1.29, 1.82) is 0 Å². The summed E-state index contributed by atoms with van der Waals surface area (Å²) in [7, 11) is 0. The van der Waals surface area contributed by atoms with Crippen LogP contribution in [-0.2, 0) is 6.42 Å². The van der Waals surface area contributed by atoms with Crippen molar-refractivity contribution < 1.29 is 0 Å². The maximum atomic E-state index is 4.32. The first-order valence-corrected chi connectivity index (χ1v) is 6.22. The average Bonchev–Trinajstić information content (AvgIpc) is 3.00. The molecule has 1 aliphatic heterocycles. The molecule has 0 saturated carbocycles. The van der Waals surface area contributed by atoms with Gasteiger partial charge < -0.3 is 5.32 Å². The van der Waals surface area contributed by atoms with Crippen molar-refractivity contribution in [3.8, 4) is 11.3 Å². The van der Waals surface area contributed by atoms with E-state index in [1.165, 1.54) is 21.9 Å². The number of nitrogens with one attached hydrogen (secondary N) is 2. The van der Waals surface area contributed by atoms with Crippen LogP contribution in [0.25, 0.3) is 22.0 Å². The lowest BCUT2D eigenvalue weighted by molar-refractivity contribution is 1.04. The summed E-state index contributed by atoms with van der Waals surface area (Å²) in [5, 5.41) is 13.3. The molecule has 0 aliphatic carbocycles. The van der Waals surface area contributed by atoms with Gasteiger partial charge in [-0.05, 0) is 23.3 Å². The maximum absolute atomic E-state index is 4.32. The van der Waals surface area contributed by atoms with Crippen LogP contribution in [0.4, 0.5) is 5.82 Å². The zero-order valence-corrected chi connectivity index (χ0v) is 9.90. The molecule has 1 aliphatic rings. The lowest BCUT2D eigenvalue weighted by Gasteiger charge is -2.03. The van der Waals surface area contributed by atoms with Gasteiger partial charge in [0.25, 0.3) is 0 Å². The number of hydrogen-bond donors (Lipinski definition) is 2. The van der Waals surface area contributed by atoms with E-state index in [0.29, 0.717) is 0 Å². The molecule has 0 amide bonds. The highest BCUT2D eigenvalue weighted by Crippen LogP contribution is 2.31. The van der Waals surface area contributed by atoms with E-state index in [-0.39, 0.29) is 0 Å². The lowest BCUT2D eigenvalue weighted by atomic mass is 10.0. The SMILES string of the molecule is c1ccc2cc(-c3[nH]nc4c3CCN4)ccc2c1. The number of fused-ring (bicyclic) bond motifs is 2. The zero-order valence-electron chi connectivity index (χ0n) is 9.90. The Kier molecular flexibility index (Phi) is 1.94. The summed E-state index contributed by atoms with van der Waals surface area (Å²) in [6.07, 6.45) is 1.05. The highest BCUT2D eigenvalue weighted by molar-refractivity contribution is 5.87. The average molecular weight is 235 g/mol. The highest BCUT2D eigenvalue weighted by atomic mass is 15.2. The van der Waals surface area contributed by atoms with Gasteiger partial charge >= 0.3 is 0 Å². The molecule has 3 aromatic rings. The van der Waals surface area contributed by atoms with Crippen molar-refractivity contribution in [2.24, 2.45) is 0 Å². The summed E-state index contributed by atoms with van der Waals surface area (Å²) < 4.78 is 0. The fraction of sp³-hybridized carbons (Fsp3) is 0.133. The quantitative estimate of drug-likeness (QED) is 0.680. The molecule has 3 heteroatoms. The Bertz CT molecular complexity index is 727. The Hall–Kier alpha value is -2.29. The van der Waals surface area contributed by atoms with Gasteiger partial charge in [-0.25, -0.2) is 0 Å². The number of H-pyrrole nitrogens is 1. The van der Waals surface area contributed by atoms with Gasteiger partial charge in [-0.2, -0.15) is 5.10 Å². The summed E-state index contributed by atoms with van der Waals surface area (Å²) in [5.41, 5.74) is 3.68. The molecule has 0 bridgehead atoms. The number of anilines is 1. The molecule has 88 valence electrons. The van der Waals surface area contributed by atoms with Crippen molar-refractivity contribution >= 4 is 16.6 Å². The molecule has 0 unspecified atom stereocenters. The molecule has 4 rings (SSSR count). The molecule has 2 aromatic carbocycles. The van der Waals surface area contributed by atoms with Crippen LogP contribution < -0.4 is 5.32 Å². The van der Waals surface area contributed by atoms with Crippen LogP contribution in [0.5, 0.6) is 0 Å². The predicted molar refractivity (Wildman–Crippen MR) is 73.7 cm³/mol. The minimum Gasteiger partial charge on any atom is -0.368 e. The van der Waals surface area contributed by atoms with Crippen molar-refractivity contribution in [2.75, 3.05) is 11.9 Å².